The molecule has 1 aliphatic rings. The summed E-state index contributed by atoms with van der Waals surface area (Å²) in [5, 5.41) is 20.6. The van der Waals surface area contributed by atoms with E-state index in [1.807, 2.05) is 0 Å². The molecule has 1 saturated carbocycles. The molecule has 20 heavy (non-hydrogen) atoms. The van der Waals surface area contributed by atoms with Crippen molar-refractivity contribution in [2.75, 3.05) is 0 Å². The fourth-order valence-corrected chi connectivity index (χ4v) is 3.13. The quantitative estimate of drug-likeness (QED) is 0.884. The van der Waals surface area contributed by atoms with Crippen molar-refractivity contribution < 1.29 is 9.50 Å². The molecule has 0 bridgehead atoms. The van der Waals surface area contributed by atoms with Crippen LogP contribution in [0.3, 0.4) is 0 Å². The Kier molecular flexibility index (Phi) is 3.88. The second-order valence-electron chi connectivity index (χ2n) is 6.41. The van der Waals surface area contributed by atoms with Crippen LogP contribution in [0, 0.1) is 35.4 Å². The van der Waals surface area contributed by atoms with Crippen LogP contribution in [0.4, 0.5) is 4.39 Å². The molecule has 0 heterocycles. The van der Waals surface area contributed by atoms with Gasteiger partial charge in [0.15, 0.2) is 0 Å². The Bertz CT molecular complexity index is 536. The number of hydrogen-bond acceptors (Lipinski definition) is 2. The zero-order valence-electron chi connectivity index (χ0n) is 12.4. The molecule has 1 N–H and O–H groups in total. The lowest BCUT2D eigenvalue weighted by molar-refractivity contribution is -0.0688. The lowest BCUT2D eigenvalue weighted by atomic mass is 9.61. The summed E-state index contributed by atoms with van der Waals surface area (Å²) in [6, 6.07) is 7.10. The van der Waals surface area contributed by atoms with Crippen LogP contribution in [0.2, 0.25) is 0 Å². The van der Waals surface area contributed by atoms with Crippen molar-refractivity contribution in [3.05, 3.63) is 35.1 Å². The predicted octanol–water partition coefficient (Wildman–Crippen LogP) is 4.06. The number of benzene rings is 1. The Morgan fingerprint density at radius 2 is 2.00 bits per heavy atom. The largest absolute Gasteiger partial charge is 0.384 e. The topological polar surface area (TPSA) is 44.0 Å². The molecule has 1 aromatic rings. The maximum absolute atomic E-state index is 13.8. The molecule has 1 aliphatic carbocycles. The highest BCUT2D eigenvalue weighted by atomic mass is 19.1. The van der Waals surface area contributed by atoms with Gasteiger partial charge in [0.25, 0.3) is 0 Å². The van der Waals surface area contributed by atoms with Gasteiger partial charge in [0.05, 0.1) is 11.5 Å². The van der Waals surface area contributed by atoms with E-state index in [0.29, 0.717) is 29.9 Å². The molecule has 0 spiro atoms. The summed E-state index contributed by atoms with van der Waals surface area (Å²) < 4.78 is 13.8. The van der Waals surface area contributed by atoms with Gasteiger partial charge in [-0.05, 0) is 62.6 Å². The molecule has 0 radical (unpaired) electrons. The van der Waals surface area contributed by atoms with Crippen molar-refractivity contribution >= 4 is 0 Å². The molecule has 108 valence electrons. The third kappa shape index (κ3) is 2.33. The number of nitrogens with zero attached hydrogens (tertiary/aromatic N) is 1. The van der Waals surface area contributed by atoms with E-state index in [-0.39, 0.29) is 5.82 Å². The first-order chi connectivity index (χ1) is 9.32. The van der Waals surface area contributed by atoms with Crippen molar-refractivity contribution in [1.82, 2.24) is 0 Å². The summed E-state index contributed by atoms with van der Waals surface area (Å²) in [5.41, 5.74) is -1.10. The van der Waals surface area contributed by atoms with Crippen molar-refractivity contribution in [2.45, 2.75) is 52.1 Å². The molecule has 3 heteroatoms. The van der Waals surface area contributed by atoms with E-state index in [1.165, 1.54) is 6.07 Å². The average Bonchev–Trinajstić information content (AvgIpc) is 2.42. The van der Waals surface area contributed by atoms with Crippen LogP contribution in [0.25, 0.3) is 0 Å². The molecule has 1 atom stereocenters. The molecule has 1 aromatic carbocycles. The lowest BCUT2D eigenvalue weighted by Crippen LogP contribution is -2.45. The molecule has 0 amide bonds. The molecule has 0 aromatic heterocycles. The molecule has 2 nitrogen and oxygen atoms in total. The molecular weight excluding hydrogens is 253 g/mol. The number of rotatable bonds is 2. The number of hydrogen-bond donors (Lipinski definition) is 1. The molecular formula is C17H22FNO. The van der Waals surface area contributed by atoms with E-state index in [2.05, 4.69) is 13.0 Å². The summed E-state index contributed by atoms with van der Waals surface area (Å²) in [6.07, 6.45) is 3.18. The smallest absolute Gasteiger partial charge is 0.126 e. The summed E-state index contributed by atoms with van der Waals surface area (Å²) in [6.45, 7) is 5.51. The van der Waals surface area contributed by atoms with Gasteiger partial charge in [-0.25, -0.2) is 4.39 Å². The van der Waals surface area contributed by atoms with E-state index >= 15 is 0 Å². The van der Waals surface area contributed by atoms with Gasteiger partial charge in [-0.1, -0.05) is 19.1 Å². The van der Waals surface area contributed by atoms with E-state index in [0.717, 1.165) is 12.8 Å². The molecule has 0 aliphatic heterocycles. The van der Waals surface area contributed by atoms with Gasteiger partial charge in [-0.15, -0.1) is 0 Å². The molecule has 1 unspecified atom stereocenters. The van der Waals surface area contributed by atoms with Crippen LogP contribution in [0.15, 0.2) is 18.2 Å². The van der Waals surface area contributed by atoms with E-state index in [1.54, 1.807) is 26.0 Å². The van der Waals surface area contributed by atoms with Gasteiger partial charge in [-0.3, -0.25) is 0 Å². The standard InChI is InChI=1S/C17H22FNO/c1-12-6-8-17(11-19,9-7-12)16(3,20)14-5-4-13(2)15(18)10-14/h4-5,10,12,20H,6-9H2,1-3H3. The minimum atomic E-state index is -1.32. The van der Waals surface area contributed by atoms with Crippen LogP contribution in [0.5, 0.6) is 0 Å². The second-order valence-corrected chi connectivity index (χ2v) is 6.41. The van der Waals surface area contributed by atoms with Gasteiger partial charge in [0.1, 0.15) is 11.4 Å². The Morgan fingerprint density at radius 3 is 2.50 bits per heavy atom. The zero-order chi connectivity index (χ0) is 15.0. The van der Waals surface area contributed by atoms with Crippen LogP contribution in [-0.2, 0) is 5.60 Å². The molecule has 0 saturated heterocycles. The highest BCUT2D eigenvalue weighted by Crippen LogP contribution is 2.50. The van der Waals surface area contributed by atoms with E-state index < -0.39 is 11.0 Å². The van der Waals surface area contributed by atoms with Crippen LogP contribution < -0.4 is 0 Å². The Balaban J connectivity index is 2.41. The fourth-order valence-electron chi connectivity index (χ4n) is 3.13. The Labute approximate surface area is 120 Å². The predicted molar refractivity (Wildman–Crippen MR) is 76.4 cm³/mol. The van der Waals surface area contributed by atoms with E-state index in [9.17, 15) is 14.8 Å². The van der Waals surface area contributed by atoms with Crippen LogP contribution in [0.1, 0.15) is 50.7 Å². The fraction of sp³-hybridized carbons (Fsp3) is 0.588. The first-order valence-corrected chi connectivity index (χ1v) is 7.23. The number of aliphatic hydroxyl groups is 1. The summed E-state index contributed by atoms with van der Waals surface area (Å²) in [4.78, 5) is 0. The second kappa shape index (κ2) is 5.18. The highest BCUT2D eigenvalue weighted by Gasteiger charge is 2.50. The number of aryl methyl sites for hydroxylation is 1. The highest BCUT2D eigenvalue weighted by molar-refractivity contribution is 5.32. The van der Waals surface area contributed by atoms with E-state index in [4.69, 9.17) is 0 Å². The van der Waals surface area contributed by atoms with Crippen molar-refractivity contribution in [1.29, 1.82) is 5.26 Å². The van der Waals surface area contributed by atoms with Crippen molar-refractivity contribution in [3.63, 3.8) is 0 Å². The number of nitriles is 1. The van der Waals surface area contributed by atoms with Gasteiger partial charge < -0.3 is 5.11 Å². The monoisotopic (exact) mass is 275 g/mol. The maximum atomic E-state index is 13.8. The lowest BCUT2D eigenvalue weighted by Gasteiger charge is -2.44. The maximum Gasteiger partial charge on any atom is 0.126 e. The normalized spacial score (nSPS) is 29.5. The first-order valence-electron chi connectivity index (χ1n) is 7.23. The van der Waals surface area contributed by atoms with Crippen LogP contribution in [-0.4, -0.2) is 5.11 Å². The number of halogens is 1. The minimum absolute atomic E-state index is 0.333. The first kappa shape index (κ1) is 15.0. The van der Waals surface area contributed by atoms with Crippen molar-refractivity contribution in [2.24, 2.45) is 11.3 Å². The molecule has 1 fully saturated rings. The van der Waals surface area contributed by atoms with Crippen LogP contribution >= 0.6 is 0 Å². The van der Waals surface area contributed by atoms with Crippen molar-refractivity contribution in [3.8, 4) is 6.07 Å². The Hall–Kier alpha value is -1.40. The summed E-state index contributed by atoms with van der Waals surface area (Å²) in [5.74, 6) is 0.252. The van der Waals surface area contributed by atoms with Gasteiger partial charge >= 0.3 is 0 Å². The molecule has 2 rings (SSSR count). The SMILES string of the molecule is Cc1ccc(C(C)(O)C2(C#N)CCC(C)CC2)cc1F. The Morgan fingerprint density at radius 1 is 1.40 bits per heavy atom. The third-order valence-electron chi connectivity index (χ3n) is 5.01. The van der Waals surface area contributed by atoms with Gasteiger partial charge in [-0.2, -0.15) is 5.26 Å². The van der Waals surface area contributed by atoms with Gasteiger partial charge in [0.2, 0.25) is 0 Å². The minimum Gasteiger partial charge on any atom is -0.384 e. The third-order valence-corrected chi connectivity index (χ3v) is 5.01. The average molecular weight is 275 g/mol. The summed E-state index contributed by atoms with van der Waals surface area (Å²) >= 11 is 0. The summed E-state index contributed by atoms with van der Waals surface area (Å²) in [7, 11) is 0. The van der Waals surface area contributed by atoms with Gasteiger partial charge in [0, 0.05) is 0 Å². The zero-order valence-corrected chi connectivity index (χ0v) is 12.4.